The zero-order valence-corrected chi connectivity index (χ0v) is 15.8. The summed E-state index contributed by atoms with van der Waals surface area (Å²) >= 11 is 1.54. The number of hydrogen-bond donors (Lipinski definition) is 2. The number of thiazole rings is 1. The highest BCUT2D eigenvalue weighted by Gasteiger charge is 2.09. The minimum absolute atomic E-state index is 0.0236. The van der Waals surface area contributed by atoms with E-state index in [1.807, 2.05) is 42.7 Å². The van der Waals surface area contributed by atoms with Gasteiger partial charge in [-0.05, 0) is 30.0 Å². The van der Waals surface area contributed by atoms with Gasteiger partial charge in [-0.25, -0.2) is 4.98 Å². The summed E-state index contributed by atoms with van der Waals surface area (Å²) in [5.74, 6) is 0.0236. The van der Waals surface area contributed by atoms with Gasteiger partial charge in [0.05, 0.1) is 0 Å². The standard InChI is InChI=1S/C22H21N3OS/c26-21(12-6-9-17-14-23-20-11-5-4-10-19(17)20)25-22-24-15-18(27-22)13-16-7-2-1-3-8-16/h1-5,7-8,10-11,14-15,23H,6,9,12-13H2,(H,24,25,26). The summed E-state index contributed by atoms with van der Waals surface area (Å²) in [5.41, 5.74) is 3.65. The van der Waals surface area contributed by atoms with Crippen molar-refractivity contribution in [3.63, 3.8) is 0 Å². The molecule has 4 rings (SSSR count). The van der Waals surface area contributed by atoms with E-state index in [0.29, 0.717) is 11.6 Å². The molecule has 0 saturated carbocycles. The van der Waals surface area contributed by atoms with Crippen LogP contribution < -0.4 is 5.32 Å². The van der Waals surface area contributed by atoms with Crippen molar-refractivity contribution in [1.82, 2.24) is 9.97 Å². The van der Waals surface area contributed by atoms with Gasteiger partial charge in [-0.15, -0.1) is 11.3 Å². The molecule has 0 aliphatic carbocycles. The van der Waals surface area contributed by atoms with E-state index in [2.05, 4.69) is 39.6 Å². The van der Waals surface area contributed by atoms with Crippen molar-refractivity contribution in [3.05, 3.63) is 83.0 Å². The Bertz CT molecular complexity index is 1040. The van der Waals surface area contributed by atoms with Gasteiger partial charge in [-0.1, -0.05) is 48.5 Å². The highest BCUT2D eigenvalue weighted by molar-refractivity contribution is 7.15. The number of nitrogens with one attached hydrogen (secondary N) is 2. The molecule has 0 unspecified atom stereocenters. The van der Waals surface area contributed by atoms with Gasteiger partial charge in [0, 0.05) is 41.0 Å². The van der Waals surface area contributed by atoms with Gasteiger partial charge in [0.1, 0.15) is 0 Å². The lowest BCUT2D eigenvalue weighted by molar-refractivity contribution is -0.116. The second kappa shape index (κ2) is 8.18. The van der Waals surface area contributed by atoms with E-state index in [-0.39, 0.29) is 5.91 Å². The fraction of sp³-hybridized carbons (Fsp3) is 0.182. The van der Waals surface area contributed by atoms with Crippen LogP contribution in [-0.2, 0) is 17.6 Å². The topological polar surface area (TPSA) is 57.8 Å². The summed E-state index contributed by atoms with van der Waals surface area (Å²) in [7, 11) is 0. The fourth-order valence-electron chi connectivity index (χ4n) is 3.20. The third kappa shape index (κ3) is 4.44. The first-order valence-electron chi connectivity index (χ1n) is 9.11. The van der Waals surface area contributed by atoms with Gasteiger partial charge in [0.15, 0.2) is 5.13 Å². The Morgan fingerprint density at radius 2 is 1.89 bits per heavy atom. The van der Waals surface area contributed by atoms with Crippen molar-refractivity contribution < 1.29 is 4.79 Å². The maximum absolute atomic E-state index is 12.2. The van der Waals surface area contributed by atoms with Crippen molar-refractivity contribution >= 4 is 33.3 Å². The van der Waals surface area contributed by atoms with E-state index in [1.165, 1.54) is 16.5 Å². The number of aromatic nitrogens is 2. The number of H-pyrrole nitrogens is 1. The lowest BCUT2D eigenvalue weighted by Gasteiger charge is -2.02. The number of rotatable bonds is 7. The molecule has 0 aliphatic heterocycles. The average molecular weight is 375 g/mol. The molecule has 4 aromatic rings. The second-order valence-corrected chi connectivity index (χ2v) is 7.67. The molecule has 1 amide bonds. The number of para-hydroxylation sites is 1. The zero-order chi connectivity index (χ0) is 18.5. The number of hydrogen-bond acceptors (Lipinski definition) is 3. The maximum atomic E-state index is 12.2. The molecule has 0 aliphatic rings. The van der Waals surface area contributed by atoms with Crippen LogP contribution in [0.4, 0.5) is 5.13 Å². The van der Waals surface area contributed by atoms with E-state index in [0.717, 1.165) is 29.7 Å². The minimum Gasteiger partial charge on any atom is -0.361 e. The molecule has 0 bridgehead atoms. The smallest absolute Gasteiger partial charge is 0.226 e. The molecule has 0 radical (unpaired) electrons. The van der Waals surface area contributed by atoms with Gasteiger partial charge in [-0.3, -0.25) is 4.79 Å². The van der Waals surface area contributed by atoms with Crippen LogP contribution >= 0.6 is 11.3 Å². The monoisotopic (exact) mass is 375 g/mol. The zero-order valence-electron chi connectivity index (χ0n) is 14.9. The fourth-order valence-corrected chi connectivity index (χ4v) is 4.07. The van der Waals surface area contributed by atoms with Crippen molar-refractivity contribution in [1.29, 1.82) is 0 Å². The SMILES string of the molecule is O=C(CCCc1c[nH]c2ccccc12)Nc1ncc(Cc2ccccc2)s1. The van der Waals surface area contributed by atoms with Crippen LogP contribution in [0.1, 0.15) is 28.8 Å². The molecule has 2 aromatic heterocycles. The molecule has 0 spiro atoms. The number of fused-ring (bicyclic) bond motifs is 1. The molecule has 2 aromatic carbocycles. The molecule has 0 atom stereocenters. The first-order chi connectivity index (χ1) is 13.3. The largest absolute Gasteiger partial charge is 0.361 e. The molecule has 136 valence electrons. The van der Waals surface area contributed by atoms with Gasteiger partial charge in [0.25, 0.3) is 0 Å². The summed E-state index contributed by atoms with van der Waals surface area (Å²) in [4.78, 5) is 21.0. The summed E-state index contributed by atoms with van der Waals surface area (Å²) in [6, 6.07) is 18.5. The summed E-state index contributed by atoms with van der Waals surface area (Å²) in [6.45, 7) is 0. The van der Waals surface area contributed by atoms with Crippen molar-refractivity contribution in [2.75, 3.05) is 5.32 Å². The normalized spacial score (nSPS) is 11.0. The third-order valence-electron chi connectivity index (χ3n) is 4.55. The molecule has 2 N–H and O–H groups in total. The van der Waals surface area contributed by atoms with Crippen LogP contribution in [0, 0.1) is 0 Å². The molecule has 2 heterocycles. The van der Waals surface area contributed by atoms with Gasteiger partial charge in [-0.2, -0.15) is 0 Å². The average Bonchev–Trinajstić information content (AvgIpc) is 3.30. The number of nitrogens with zero attached hydrogens (tertiary/aromatic N) is 1. The maximum Gasteiger partial charge on any atom is 0.226 e. The van der Waals surface area contributed by atoms with Crippen molar-refractivity contribution in [2.24, 2.45) is 0 Å². The minimum atomic E-state index is 0.0236. The number of benzene rings is 2. The van der Waals surface area contributed by atoms with E-state index >= 15 is 0 Å². The number of amides is 1. The quantitative estimate of drug-likeness (QED) is 0.468. The number of carbonyl (C=O) groups excluding carboxylic acids is 1. The predicted octanol–water partition coefficient (Wildman–Crippen LogP) is 5.18. The Hall–Kier alpha value is -2.92. The van der Waals surface area contributed by atoms with Crippen LogP contribution in [0.3, 0.4) is 0 Å². The van der Waals surface area contributed by atoms with Crippen LogP contribution in [0.5, 0.6) is 0 Å². The number of aromatic amines is 1. The number of aryl methyl sites for hydroxylation is 1. The molecule has 27 heavy (non-hydrogen) atoms. The van der Waals surface area contributed by atoms with Crippen molar-refractivity contribution in [3.8, 4) is 0 Å². The Morgan fingerprint density at radius 3 is 2.78 bits per heavy atom. The Balaban J connectivity index is 1.27. The van der Waals surface area contributed by atoms with Gasteiger partial charge < -0.3 is 10.3 Å². The van der Waals surface area contributed by atoms with E-state index in [1.54, 1.807) is 11.3 Å². The number of anilines is 1. The second-order valence-electron chi connectivity index (χ2n) is 6.56. The lowest BCUT2D eigenvalue weighted by Crippen LogP contribution is -2.11. The number of carbonyl (C=O) groups is 1. The summed E-state index contributed by atoms with van der Waals surface area (Å²) < 4.78 is 0. The molecule has 0 fully saturated rings. The van der Waals surface area contributed by atoms with E-state index in [9.17, 15) is 4.79 Å². The first-order valence-corrected chi connectivity index (χ1v) is 9.93. The molecule has 5 heteroatoms. The van der Waals surface area contributed by atoms with Gasteiger partial charge in [0.2, 0.25) is 5.91 Å². The predicted molar refractivity (Wildman–Crippen MR) is 111 cm³/mol. The highest BCUT2D eigenvalue weighted by atomic mass is 32.1. The summed E-state index contributed by atoms with van der Waals surface area (Å²) in [6.07, 6.45) is 6.92. The molecular formula is C22H21N3OS. The van der Waals surface area contributed by atoms with Crippen LogP contribution in [0.25, 0.3) is 10.9 Å². The van der Waals surface area contributed by atoms with Crippen LogP contribution in [0.15, 0.2) is 67.0 Å². The Morgan fingerprint density at radius 1 is 1.07 bits per heavy atom. The lowest BCUT2D eigenvalue weighted by atomic mass is 10.1. The van der Waals surface area contributed by atoms with E-state index in [4.69, 9.17) is 0 Å². The third-order valence-corrected chi connectivity index (χ3v) is 5.46. The van der Waals surface area contributed by atoms with E-state index < -0.39 is 0 Å². The molecule has 0 saturated heterocycles. The Labute approximate surface area is 162 Å². The van der Waals surface area contributed by atoms with Crippen LogP contribution in [-0.4, -0.2) is 15.9 Å². The Kier molecular flexibility index (Phi) is 5.30. The molecular weight excluding hydrogens is 354 g/mol. The first kappa shape index (κ1) is 17.5. The van der Waals surface area contributed by atoms with Gasteiger partial charge >= 0.3 is 0 Å². The van der Waals surface area contributed by atoms with Crippen LogP contribution in [0.2, 0.25) is 0 Å². The van der Waals surface area contributed by atoms with Crippen molar-refractivity contribution in [2.45, 2.75) is 25.7 Å². The summed E-state index contributed by atoms with van der Waals surface area (Å²) in [5, 5.41) is 4.84. The highest BCUT2D eigenvalue weighted by Crippen LogP contribution is 2.22. The molecule has 4 nitrogen and oxygen atoms in total.